The summed E-state index contributed by atoms with van der Waals surface area (Å²) >= 11 is 2.38. The summed E-state index contributed by atoms with van der Waals surface area (Å²) in [4.78, 5) is 12.8. The van der Waals surface area contributed by atoms with Crippen molar-refractivity contribution < 1.29 is 4.79 Å². The van der Waals surface area contributed by atoms with E-state index in [2.05, 4.69) is 85.4 Å². The van der Waals surface area contributed by atoms with Gasteiger partial charge in [-0.1, -0.05) is 60.7 Å². The number of carbonyl (C=O) groups is 1. The third-order valence-corrected chi connectivity index (χ3v) is 7.48. The second-order valence-electron chi connectivity index (χ2n) is 6.81. The topological polar surface area (TPSA) is 32.3 Å². The minimum atomic E-state index is 0.0993. The first-order chi connectivity index (χ1) is 12.3. The molecule has 2 heterocycles. The number of rotatable bonds is 3. The molecule has 4 atom stereocenters. The van der Waals surface area contributed by atoms with Crippen molar-refractivity contribution in [2.24, 2.45) is 5.92 Å². The Kier molecular flexibility index (Phi) is 5.45. The largest absolute Gasteiger partial charge is 0.309 e. The fourth-order valence-corrected chi connectivity index (χ4v) is 6.47. The van der Waals surface area contributed by atoms with Crippen LogP contribution in [0.1, 0.15) is 36.1 Å². The SMILES string of the molecule is O=C1C[C@@H](c2ccccc2)N(SI)[C@H]2C[C@@H](c3ccccc3)NC[C@@H]12. The number of nitrogens with zero attached hydrogens (tertiary/aromatic N) is 1. The van der Waals surface area contributed by atoms with Gasteiger partial charge in [-0.15, -0.1) is 0 Å². The first-order valence-electron chi connectivity index (χ1n) is 8.71. The van der Waals surface area contributed by atoms with E-state index in [1.165, 1.54) is 11.1 Å². The molecule has 0 unspecified atom stereocenters. The molecule has 0 saturated carbocycles. The Labute approximate surface area is 165 Å². The number of carbonyl (C=O) groups excluding carboxylic acids is 1. The van der Waals surface area contributed by atoms with Gasteiger partial charge in [-0.3, -0.25) is 4.79 Å². The molecule has 2 aromatic carbocycles. The summed E-state index contributed by atoms with van der Waals surface area (Å²) in [5.41, 5.74) is 2.56. The molecule has 0 spiro atoms. The molecule has 1 N–H and O–H groups in total. The van der Waals surface area contributed by atoms with Gasteiger partial charge in [0.25, 0.3) is 0 Å². The van der Waals surface area contributed by atoms with Gasteiger partial charge in [0.15, 0.2) is 0 Å². The molecule has 0 bridgehead atoms. The number of benzene rings is 2. The molecule has 3 nitrogen and oxygen atoms in total. The van der Waals surface area contributed by atoms with E-state index in [4.69, 9.17) is 0 Å². The lowest BCUT2D eigenvalue weighted by Crippen LogP contribution is -2.55. The van der Waals surface area contributed by atoms with Crippen LogP contribution in [0.25, 0.3) is 0 Å². The lowest BCUT2D eigenvalue weighted by molar-refractivity contribution is -0.130. The quantitative estimate of drug-likeness (QED) is 0.527. The van der Waals surface area contributed by atoms with Crippen LogP contribution in [0.4, 0.5) is 0 Å². The minimum absolute atomic E-state index is 0.0993. The Balaban J connectivity index is 1.62. The van der Waals surface area contributed by atoms with E-state index in [-0.39, 0.29) is 18.0 Å². The molecule has 25 heavy (non-hydrogen) atoms. The van der Waals surface area contributed by atoms with Crippen LogP contribution in [-0.4, -0.2) is 22.7 Å². The Bertz CT molecular complexity index is 727. The average molecular weight is 464 g/mol. The van der Waals surface area contributed by atoms with Crippen molar-refractivity contribution in [1.82, 2.24) is 9.62 Å². The summed E-state index contributed by atoms with van der Waals surface area (Å²) in [6.45, 7) is 0.776. The standard InChI is InChI=1S/C20H21IN2OS/c21-25-23-18(15-9-5-2-6-10-15)12-20(24)16-13-22-17(11-19(16)23)14-7-3-1-4-8-14/h1-10,16-19,22H,11-13H2/t16-,17+,18+,19+/m1/s1. The van der Waals surface area contributed by atoms with Crippen LogP contribution in [0.3, 0.4) is 0 Å². The molecule has 2 aliphatic heterocycles. The maximum Gasteiger partial charge on any atom is 0.140 e. The van der Waals surface area contributed by atoms with Crippen molar-refractivity contribution >= 4 is 36.1 Å². The van der Waals surface area contributed by atoms with Crippen molar-refractivity contribution in [2.75, 3.05) is 6.54 Å². The van der Waals surface area contributed by atoms with E-state index in [9.17, 15) is 4.79 Å². The zero-order chi connectivity index (χ0) is 17.2. The van der Waals surface area contributed by atoms with Crippen LogP contribution in [-0.2, 0) is 4.79 Å². The first kappa shape index (κ1) is 17.5. The second kappa shape index (κ2) is 7.78. The molecule has 2 saturated heterocycles. The van der Waals surface area contributed by atoms with Crippen molar-refractivity contribution in [3.05, 3.63) is 71.8 Å². The summed E-state index contributed by atoms with van der Waals surface area (Å²) in [6.07, 6.45) is 1.58. The van der Waals surface area contributed by atoms with Gasteiger partial charge in [0, 0.05) is 52.2 Å². The van der Waals surface area contributed by atoms with E-state index in [1.54, 1.807) is 9.12 Å². The molecule has 4 rings (SSSR count). The number of hydrogen-bond donors (Lipinski definition) is 1. The number of piperidine rings is 2. The fourth-order valence-electron chi connectivity index (χ4n) is 4.15. The fraction of sp³-hybridized carbons (Fsp3) is 0.350. The third-order valence-electron chi connectivity index (χ3n) is 5.43. The van der Waals surface area contributed by atoms with Crippen molar-refractivity contribution in [1.29, 1.82) is 0 Å². The van der Waals surface area contributed by atoms with Gasteiger partial charge in [-0.2, -0.15) is 0 Å². The van der Waals surface area contributed by atoms with Crippen LogP contribution in [0, 0.1) is 5.92 Å². The number of ketones is 1. The van der Waals surface area contributed by atoms with Gasteiger partial charge in [0.1, 0.15) is 5.78 Å². The normalized spacial score (nSPS) is 30.0. The highest BCUT2D eigenvalue weighted by Crippen LogP contribution is 2.46. The maximum atomic E-state index is 12.8. The molecule has 0 aromatic heterocycles. The summed E-state index contributed by atoms with van der Waals surface area (Å²) in [7, 11) is 1.76. The van der Waals surface area contributed by atoms with E-state index < -0.39 is 0 Å². The van der Waals surface area contributed by atoms with Crippen LogP contribution >= 0.6 is 30.3 Å². The van der Waals surface area contributed by atoms with E-state index in [0.29, 0.717) is 18.2 Å². The number of hydrogen-bond acceptors (Lipinski definition) is 4. The Hall–Kier alpha value is -0.890. The van der Waals surface area contributed by atoms with E-state index >= 15 is 0 Å². The van der Waals surface area contributed by atoms with Gasteiger partial charge in [0.05, 0.1) is 6.04 Å². The lowest BCUT2D eigenvalue weighted by Gasteiger charge is -2.48. The zero-order valence-corrected chi connectivity index (χ0v) is 16.8. The highest BCUT2D eigenvalue weighted by molar-refractivity contribution is 14.2. The molecule has 0 aliphatic carbocycles. The molecule has 130 valence electrons. The predicted molar refractivity (Wildman–Crippen MR) is 111 cm³/mol. The van der Waals surface area contributed by atoms with Crippen molar-refractivity contribution in [3.8, 4) is 0 Å². The van der Waals surface area contributed by atoms with Crippen molar-refractivity contribution in [3.63, 3.8) is 0 Å². The number of nitrogens with one attached hydrogen (secondary N) is 1. The number of fused-ring (bicyclic) bond motifs is 1. The Morgan fingerprint density at radius 2 is 1.64 bits per heavy atom. The third kappa shape index (κ3) is 3.52. The summed E-state index contributed by atoms with van der Waals surface area (Å²) in [6, 6.07) is 21.8. The highest BCUT2D eigenvalue weighted by Gasteiger charge is 2.46. The molecule has 2 fully saturated rings. The first-order valence-corrected chi connectivity index (χ1v) is 12.0. The Morgan fingerprint density at radius 3 is 2.28 bits per heavy atom. The van der Waals surface area contributed by atoms with E-state index in [1.807, 2.05) is 6.07 Å². The van der Waals surface area contributed by atoms with Gasteiger partial charge in [-0.25, -0.2) is 4.31 Å². The molecule has 0 amide bonds. The molecule has 2 aromatic rings. The van der Waals surface area contributed by atoms with Crippen LogP contribution < -0.4 is 5.32 Å². The van der Waals surface area contributed by atoms with Gasteiger partial charge in [0.2, 0.25) is 0 Å². The van der Waals surface area contributed by atoms with Crippen LogP contribution in [0.15, 0.2) is 60.7 Å². The zero-order valence-electron chi connectivity index (χ0n) is 13.8. The summed E-state index contributed by atoms with van der Waals surface area (Å²) in [5, 5.41) is 3.61. The maximum absolute atomic E-state index is 12.8. The minimum Gasteiger partial charge on any atom is -0.309 e. The number of Topliss-reactive ketones (excluding diaryl/α,β-unsaturated/α-hetero) is 1. The predicted octanol–water partition coefficient (Wildman–Crippen LogP) is 4.72. The molecule has 2 aliphatic rings. The monoisotopic (exact) mass is 464 g/mol. The van der Waals surface area contributed by atoms with Gasteiger partial charge < -0.3 is 5.32 Å². The van der Waals surface area contributed by atoms with E-state index in [0.717, 1.165) is 13.0 Å². The van der Waals surface area contributed by atoms with Crippen LogP contribution in [0.2, 0.25) is 0 Å². The molecule has 0 radical (unpaired) electrons. The smallest absolute Gasteiger partial charge is 0.140 e. The van der Waals surface area contributed by atoms with Gasteiger partial charge >= 0.3 is 0 Å². The second-order valence-corrected chi connectivity index (χ2v) is 8.55. The molecular weight excluding hydrogens is 443 g/mol. The molecular formula is C20H21IN2OS. The van der Waals surface area contributed by atoms with Gasteiger partial charge in [-0.05, 0) is 26.7 Å². The van der Waals surface area contributed by atoms with Crippen LogP contribution in [0.5, 0.6) is 0 Å². The highest BCUT2D eigenvalue weighted by atomic mass is 127. The Morgan fingerprint density at radius 1 is 1.00 bits per heavy atom. The summed E-state index contributed by atoms with van der Waals surface area (Å²) < 4.78 is 2.47. The van der Waals surface area contributed by atoms with Crippen molar-refractivity contribution in [2.45, 2.75) is 31.0 Å². The summed E-state index contributed by atoms with van der Waals surface area (Å²) in [5.74, 6) is 0.502. The number of halogens is 1. The lowest BCUT2D eigenvalue weighted by atomic mass is 9.78. The average Bonchev–Trinajstić information content (AvgIpc) is 2.69. The molecule has 5 heteroatoms.